The van der Waals surface area contributed by atoms with Crippen molar-refractivity contribution in [3.05, 3.63) is 30.0 Å². The molecule has 2 rings (SSSR count). The monoisotopic (exact) mass is 316 g/mol. The quantitative estimate of drug-likeness (QED) is 0.792. The van der Waals surface area contributed by atoms with Crippen molar-refractivity contribution in [1.82, 2.24) is 9.88 Å². The van der Waals surface area contributed by atoms with Gasteiger partial charge in [-0.15, -0.1) is 0 Å². The van der Waals surface area contributed by atoms with Gasteiger partial charge in [-0.1, -0.05) is 33.3 Å². The summed E-state index contributed by atoms with van der Waals surface area (Å²) in [5.41, 5.74) is 1.79. The first-order chi connectivity index (χ1) is 11.1. The van der Waals surface area contributed by atoms with Crippen molar-refractivity contribution in [2.24, 2.45) is 5.92 Å². The van der Waals surface area contributed by atoms with Crippen molar-refractivity contribution in [3.63, 3.8) is 0 Å². The van der Waals surface area contributed by atoms with E-state index in [-0.39, 0.29) is 5.91 Å². The Morgan fingerprint density at radius 1 is 1.30 bits per heavy atom. The lowest BCUT2D eigenvalue weighted by molar-refractivity contribution is 0.0940. The highest BCUT2D eigenvalue weighted by Gasteiger charge is 2.17. The highest BCUT2D eigenvalue weighted by molar-refractivity contribution is 6.00. The summed E-state index contributed by atoms with van der Waals surface area (Å²) in [4.78, 5) is 12.6. The molecule has 0 aliphatic heterocycles. The van der Waals surface area contributed by atoms with E-state index in [2.05, 4.69) is 36.7 Å². The molecule has 126 valence electrons. The number of aryl methyl sites for hydroxylation is 1. The fraction of sp³-hybridized carbons (Fsp3) is 0.526. The third-order valence-corrected chi connectivity index (χ3v) is 3.84. The first kappa shape index (κ1) is 17.4. The molecule has 1 N–H and O–H groups in total. The highest BCUT2D eigenvalue weighted by atomic mass is 16.5. The number of rotatable bonds is 8. The minimum atomic E-state index is -0.00606. The lowest BCUT2D eigenvalue weighted by atomic mass is 10.2. The van der Waals surface area contributed by atoms with Gasteiger partial charge in [-0.3, -0.25) is 4.79 Å². The Bertz CT molecular complexity index is 659. The molecule has 0 spiro atoms. The molecule has 0 bridgehead atoms. The zero-order valence-corrected chi connectivity index (χ0v) is 14.7. The Balaban J connectivity index is 2.44. The van der Waals surface area contributed by atoms with Crippen LogP contribution in [0.3, 0.4) is 0 Å². The van der Waals surface area contributed by atoms with Crippen LogP contribution in [0.15, 0.2) is 24.3 Å². The second-order valence-electron chi connectivity index (χ2n) is 6.26. The minimum absolute atomic E-state index is 0.00606. The Labute approximate surface area is 138 Å². The number of unbranched alkanes of at least 4 members (excludes halogenated alkanes) is 1. The van der Waals surface area contributed by atoms with Gasteiger partial charge in [0.1, 0.15) is 11.4 Å². The average molecular weight is 316 g/mol. The van der Waals surface area contributed by atoms with Gasteiger partial charge in [-0.2, -0.15) is 0 Å². The first-order valence-corrected chi connectivity index (χ1v) is 8.61. The summed E-state index contributed by atoms with van der Waals surface area (Å²) in [7, 11) is 0. The number of carbonyl (C=O) groups is 1. The van der Waals surface area contributed by atoms with Gasteiger partial charge in [0.05, 0.1) is 12.1 Å². The second kappa shape index (κ2) is 8.04. The highest BCUT2D eigenvalue weighted by Crippen LogP contribution is 2.29. The van der Waals surface area contributed by atoms with Crippen LogP contribution in [-0.2, 0) is 6.54 Å². The van der Waals surface area contributed by atoms with Crippen molar-refractivity contribution >= 4 is 16.8 Å². The van der Waals surface area contributed by atoms with Gasteiger partial charge in [-0.05, 0) is 37.5 Å². The fourth-order valence-corrected chi connectivity index (χ4v) is 2.67. The fourth-order valence-electron chi connectivity index (χ4n) is 2.67. The molecule has 1 aromatic carbocycles. The topological polar surface area (TPSA) is 43.3 Å². The number of hydrogen-bond acceptors (Lipinski definition) is 2. The van der Waals surface area contributed by atoms with Gasteiger partial charge >= 0.3 is 0 Å². The summed E-state index contributed by atoms with van der Waals surface area (Å²) in [6.45, 7) is 10.5. The number of ether oxygens (including phenoxy) is 1. The van der Waals surface area contributed by atoms with E-state index in [0.717, 1.165) is 41.7 Å². The van der Waals surface area contributed by atoms with Crippen LogP contribution in [0.4, 0.5) is 0 Å². The molecule has 0 atom stereocenters. The number of nitrogens with zero attached hydrogens (tertiary/aromatic N) is 1. The van der Waals surface area contributed by atoms with E-state index < -0.39 is 0 Å². The molecule has 0 unspecified atom stereocenters. The molecule has 4 nitrogen and oxygen atoms in total. The summed E-state index contributed by atoms with van der Waals surface area (Å²) in [5, 5.41) is 4.04. The lowest BCUT2D eigenvalue weighted by Crippen LogP contribution is -2.29. The van der Waals surface area contributed by atoms with Crippen LogP contribution in [0.25, 0.3) is 10.9 Å². The van der Waals surface area contributed by atoms with Crippen molar-refractivity contribution < 1.29 is 9.53 Å². The predicted molar refractivity (Wildman–Crippen MR) is 95.2 cm³/mol. The number of hydrogen-bond donors (Lipinski definition) is 1. The van der Waals surface area contributed by atoms with Gasteiger partial charge in [0.25, 0.3) is 5.91 Å². The lowest BCUT2D eigenvalue weighted by Gasteiger charge is -2.12. The summed E-state index contributed by atoms with van der Waals surface area (Å²) < 4.78 is 7.85. The molecule has 4 heteroatoms. The van der Waals surface area contributed by atoms with Crippen LogP contribution in [0.2, 0.25) is 0 Å². The SMILES string of the molecule is CCCCn1c(C(=O)NCC(C)C)cc2c(OCC)cccc21. The number of benzene rings is 1. The zero-order chi connectivity index (χ0) is 16.8. The third kappa shape index (κ3) is 4.06. The molecule has 0 aliphatic carbocycles. The predicted octanol–water partition coefficient (Wildman–Crippen LogP) is 4.23. The Morgan fingerprint density at radius 2 is 2.09 bits per heavy atom. The summed E-state index contributed by atoms with van der Waals surface area (Å²) in [6.07, 6.45) is 2.14. The molecule has 0 radical (unpaired) electrons. The van der Waals surface area contributed by atoms with Gasteiger partial charge < -0.3 is 14.6 Å². The summed E-state index contributed by atoms with van der Waals surface area (Å²) in [5.74, 6) is 1.28. The van der Waals surface area contributed by atoms with Crippen molar-refractivity contribution in [2.45, 2.75) is 47.1 Å². The van der Waals surface area contributed by atoms with E-state index in [0.29, 0.717) is 19.1 Å². The molecule has 2 aromatic rings. The molecule has 0 saturated heterocycles. The number of amides is 1. The Hall–Kier alpha value is -1.97. The number of fused-ring (bicyclic) bond motifs is 1. The van der Waals surface area contributed by atoms with Crippen molar-refractivity contribution in [2.75, 3.05) is 13.2 Å². The molecule has 0 aliphatic rings. The molecular weight excluding hydrogens is 288 g/mol. The molecule has 1 heterocycles. The van der Waals surface area contributed by atoms with Crippen LogP contribution >= 0.6 is 0 Å². The third-order valence-electron chi connectivity index (χ3n) is 3.84. The molecular formula is C19H28N2O2. The maximum atomic E-state index is 12.6. The smallest absolute Gasteiger partial charge is 0.267 e. The minimum Gasteiger partial charge on any atom is -0.493 e. The van der Waals surface area contributed by atoms with Crippen LogP contribution < -0.4 is 10.1 Å². The molecule has 1 amide bonds. The average Bonchev–Trinajstić information content (AvgIpc) is 2.90. The molecule has 23 heavy (non-hydrogen) atoms. The van der Waals surface area contributed by atoms with Crippen LogP contribution in [0, 0.1) is 5.92 Å². The first-order valence-electron chi connectivity index (χ1n) is 8.61. The Morgan fingerprint density at radius 3 is 2.74 bits per heavy atom. The molecule has 0 saturated carbocycles. The van der Waals surface area contributed by atoms with Crippen LogP contribution in [-0.4, -0.2) is 23.6 Å². The Kier molecular flexibility index (Phi) is 6.08. The van der Waals surface area contributed by atoms with Crippen LogP contribution in [0.5, 0.6) is 5.75 Å². The van der Waals surface area contributed by atoms with E-state index in [1.54, 1.807) is 0 Å². The largest absolute Gasteiger partial charge is 0.493 e. The summed E-state index contributed by atoms with van der Waals surface area (Å²) >= 11 is 0. The second-order valence-corrected chi connectivity index (χ2v) is 6.26. The van der Waals surface area contributed by atoms with Crippen LogP contribution in [0.1, 0.15) is 51.0 Å². The van der Waals surface area contributed by atoms with E-state index in [1.807, 2.05) is 25.1 Å². The van der Waals surface area contributed by atoms with Gasteiger partial charge in [-0.25, -0.2) is 0 Å². The maximum absolute atomic E-state index is 12.6. The molecule has 0 fully saturated rings. The standard InChI is InChI=1S/C19H28N2O2/c1-5-7-11-21-16-9-8-10-18(23-6-2)15(16)12-17(21)19(22)20-13-14(3)4/h8-10,12,14H,5-7,11,13H2,1-4H3,(H,20,22). The maximum Gasteiger partial charge on any atom is 0.267 e. The van der Waals surface area contributed by atoms with Gasteiger partial charge in [0, 0.05) is 18.5 Å². The number of nitrogens with one attached hydrogen (secondary N) is 1. The van der Waals surface area contributed by atoms with E-state index in [1.165, 1.54) is 0 Å². The zero-order valence-electron chi connectivity index (χ0n) is 14.7. The van der Waals surface area contributed by atoms with E-state index >= 15 is 0 Å². The number of carbonyl (C=O) groups excluding carboxylic acids is 1. The molecule has 1 aromatic heterocycles. The van der Waals surface area contributed by atoms with Crippen molar-refractivity contribution in [3.8, 4) is 5.75 Å². The van der Waals surface area contributed by atoms with Gasteiger partial charge in [0.15, 0.2) is 0 Å². The van der Waals surface area contributed by atoms with Gasteiger partial charge in [0.2, 0.25) is 0 Å². The van der Waals surface area contributed by atoms with Crippen molar-refractivity contribution in [1.29, 1.82) is 0 Å². The summed E-state index contributed by atoms with van der Waals surface area (Å²) in [6, 6.07) is 7.98. The number of aromatic nitrogens is 1. The van der Waals surface area contributed by atoms with E-state index in [9.17, 15) is 4.79 Å². The normalized spacial score (nSPS) is 11.2. The van der Waals surface area contributed by atoms with E-state index in [4.69, 9.17) is 4.74 Å².